The molecule has 0 N–H and O–H groups in total. The van der Waals surface area contributed by atoms with Gasteiger partial charge in [0.05, 0.1) is 17.0 Å². The van der Waals surface area contributed by atoms with E-state index >= 15 is 0 Å². The van der Waals surface area contributed by atoms with Crippen LogP contribution < -0.4 is 10.3 Å². The highest BCUT2D eigenvalue weighted by Gasteiger charge is 2.44. The monoisotopic (exact) mass is 402 g/mol. The van der Waals surface area contributed by atoms with Gasteiger partial charge in [-0.25, -0.2) is 4.98 Å². The van der Waals surface area contributed by atoms with Gasteiger partial charge in [-0.3, -0.25) is 14.5 Å². The van der Waals surface area contributed by atoms with Crippen LogP contribution >= 0.6 is 11.6 Å². The summed E-state index contributed by atoms with van der Waals surface area (Å²) in [6.45, 7) is 1.93. The second-order valence-electron chi connectivity index (χ2n) is 6.99. The third kappa shape index (κ3) is 2.74. The van der Waals surface area contributed by atoms with Gasteiger partial charge in [-0.05, 0) is 48.4 Å². The second-order valence-corrected chi connectivity index (χ2v) is 7.43. The fourth-order valence-electron chi connectivity index (χ4n) is 3.78. The Hall–Kier alpha value is -3.44. The molecule has 1 aliphatic rings. The summed E-state index contributed by atoms with van der Waals surface area (Å²) in [6, 6.07) is 17.3. The van der Waals surface area contributed by atoms with Gasteiger partial charge in [-0.1, -0.05) is 41.9 Å². The molecule has 0 bridgehead atoms. The lowest BCUT2D eigenvalue weighted by molar-refractivity contribution is 0.0970. The standard InChI is InChI=1S/C23H15ClN2O3/c1-13-9-10-25-18(11-13)26-20(14-5-3-2-4-6-14)19-21(27)16-12-15(24)7-8-17(16)29-22(19)23(26)28/h2-12,20H,1H3/t20-/m1/s1. The number of carbonyl (C=O) groups excluding carboxylic acids is 1. The molecule has 0 radical (unpaired) electrons. The molecule has 2 aromatic heterocycles. The van der Waals surface area contributed by atoms with Crippen molar-refractivity contribution < 1.29 is 9.21 Å². The van der Waals surface area contributed by atoms with Gasteiger partial charge in [0.25, 0.3) is 5.91 Å². The van der Waals surface area contributed by atoms with Crippen molar-refractivity contribution in [1.29, 1.82) is 0 Å². The lowest BCUT2D eigenvalue weighted by Gasteiger charge is -2.24. The van der Waals surface area contributed by atoms with E-state index in [0.29, 0.717) is 27.4 Å². The van der Waals surface area contributed by atoms with Gasteiger partial charge < -0.3 is 4.42 Å². The van der Waals surface area contributed by atoms with Gasteiger partial charge in [-0.15, -0.1) is 0 Å². The number of hydrogen-bond donors (Lipinski definition) is 0. The fraction of sp³-hybridized carbons (Fsp3) is 0.0870. The van der Waals surface area contributed by atoms with Crippen LogP contribution in [0.5, 0.6) is 0 Å². The highest BCUT2D eigenvalue weighted by molar-refractivity contribution is 6.31. The molecule has 29 heavy (non-hydrogen) atoms. The van der Waals surface area contributed by atoms with Crippen molar-refractivity contribution in [3.8, 4) is 0 Å². The van der Waals surface area contributed by atoms with E-state index in [1.165, 1.54) is 4.90 Å². The van der Waals surface area contributed by atoms with Crippen molar-refractivity contribution in [3.05, 3.63) is 105 Å². The lowest BCUT2D eigenvalue weighted by atomic mass is 9.98. The summed E-state index contributed by atoms with van der Waals surface area (Å²) >= 11 is 6.10. The van der Waals surface area contributed by atoms with Crippen molar-refractivity contribution in [2.45, 2.75) is 13.0 Å². The Bertz CT molecular complexity index is 1330. The molecule has 1 amide bonds. The van der Waals surface area contributed by atoms with Crippen LogP contribution in [0.25, 0.3) is 11.0 Å². The predicted octanol–water partition coefficient (Wildman–Crippen LogP) is 4.90. The van der Waals surface area contributed by atoms with Crippen LogP contribution in [0.4, 0.5) is 5.82 Å². The topological polar surface area (TPSA) is 63.4 Å². The summed E-state index contributed by atoms with van der Waals surface area (Å²) in [4.78, 5) is 32.7. The summed E-state index contributed by atoms with van der Waals surface area (Å²) in [5.41, 5.74) is 2.14. The van der Waals surface area contributed by atoms with E-state index in [1.807, 2.05) is 49.4 Å². The van der Waals surface area contributed by atoms with Crippen LogP contribution in [0.1, 0.15) is 33.3 Å². The Morgan fingerprint density at radius 2 is 1.83 bits per heavy atom. The molecule has 0 saturated carbocycles. The lowest BCUT2D eigenvalue weighted by Crippen LogP contribution is -2.30. The van der Waals surface area contributed by atoms with Crippen LogP contribution in [0.3, 0.4) is 0 Å². The van der Waals surface area contributed by atoms with Gasteiger partial charge in [0.1, 0.15) is 11.4 Å². The zero-order chi connectivity index (χ0) is 20.1. The summed E-state index contributed by atoms with van der Waals surface area (Å²) in [7, 11) is 0. The maximum absolute atomic E-state index is 13.4. The molecular formula is C23H15ClN2O3. The summed E-state index contributed by atoms with van der Waals surface area (Å²) in [5.74, 6) is 0.125. The molecule has 5 nitrogen and oxygen atoms in total. The Balaban J connectivity index is 1.84. The first kappa shape index (κ1) is 17.6. The van der Waals surface area contributed by atoms with Gasteiger partial charge in [0.15, 0.2) is 5.43 Å². The van der Waals surface area contributed by atoms with Crippen LogP contribution in [0, 0.1) is 6.92 Å². The summed E-state index contributed by atoms with van der Waals surface area (Å²) < 4.78 is 5.91. The number of nitrogens with zero attached hydrogens (tertiary/aromatic N) is 2. The number of anilines is 1. The number of halogens is 1. The minimum Gasteiger partial charge on any atom is -0.450 e. The molecule has 4 aromatic rings. The average molecular weight is 403 g/mol. The molecule has 0 aliphatic carbocycles. The average Bonchev–Trinajstić information content (AvgIpc) is 3.02. The predicted molar refractivity (Wildman–Crippen MR) is 112 cm³/mol. The molecule has 0 unspecified atom stereocenters. The van der Waals surface area contributed by atoms with E-state index in [2.05, 4.69) is 4.98 Å². The number of aryl methyl sites for hydroxylation is 1. The van der Waals surface area contributed by atoms with Crippen LogP contribution in [0.15, 0.2) is 76.1 Å². The first-order chi connectivity index (χ1) is 14.0. The third-order valence-electron chi connectivity index (χ3n) is 5.10. The zero-order valence-corrected chi connectivity index (χ0v) is 16.2. The van der Waals surface area contributed by atoms with E-state index in [0.717, 1.165) is 11.1 Å². The number of rotatable bonds is 2. The SMILES string of the molecule is Cc1ccnc(N2C(=O)c3oc4ccc(Cl)cc4c(=O)c3[C@H]2c2ccccc2)c1. The maximum Gasteiger partial charge on any atom is 0.296 e. The first-order valence-electron chi connectivity index (χ1n) is 9.12. The minimum absolute atomic E-state index is 0.0435. The smallest absolute Gasteiger partial charge is 0.296 e. The number of pyridine rings is 1. The van der Waals surface area contributed by atoms with E-state index in [1.54, 1.807) is 24.4 Å². The van der Waals surface area contributed by atoms with E-state index in [4.69, 9.17) is 16.0 Å². The molecule has 1 atom stereocenters. The highest BCUT2D eigenvalue weighted by Crippen LogP contribution is 2.40. The Morgan fingerprint density at radius 1 is 1.03 bits per heavy atom. The third-order valence-corrected chi connectivity index (χ3v) is 5.33. The van der Waals surface area contributed by atoms with E-state index in [-0.39, 0.29) is 17.1 Å². The van der Waals surface area contributed by atoms with Crippen molar-refractivity contribution in [2.24, 2.45) is 0 Å². The summed E-state index contributed by atoms with van der Waals surface area (Å²) in [5, 5.41) is 0.784. The number of carbonyl (C=O) groups is 1. The maximum atomic E-state index is 13.4. The largest absolute Gasteiger partial charge is 0.450 e. The molecule has 3 heterocycles. The molecule has 1 aliphatic heterocycles. The Labute approximate surface area is 171 Å². The van der Waals surface area contributed by atoms with Crippen molar-refractivity contribution >= 4 is 34.3 Å². The number of benzene rings is 2. The van der Waals surface area contributed by atoms with Crippen molar-refractivity contribution in [3.63, 3.8) is 0 Å². The number of aromatic nitrogens is 1. The molecule has 2 aromatic carbocycles. The fourth-order valence-corrected chi connectivity index (χ4v) is 3.96. The minimum atomic E-state index is -0.632. The van der Waals surface area contributed by atoms with Crippen LogP contribution in [0.2, 0.25) is 5.02 Å². The van der Waals surface area contributed by atoms with Crippen LogP contribution in [-0.4, -0.2) is 10.9 Å². The molecule has 0 fully saturated rings. The Morgan fingerprint density at radius 3 is 2.59 bits per heavy atom. The molecule has 142 valence electrons. The number of hydrogen-bond acceptors (Lipinski definition) is 4. The highest BCUT2D eigenvalue weighted by atomic mass is 35.5. The number of fused-ring (bicyclic) bond motifs is 2. The Kier molecular flexibility index (Phi) is 4.00. The molecule has 0 spiro atoms. The summed E-state index contributed by atoms with van der Waals surface area (Å²) in [6.07, 6.45) is 1.65. The first-order valence-corrected chi connectivity index (χ1v) is 9.50. The van der Waals surface area contributed by atoms with E-state index < -0.39 is 6.04 Å². The molecule has 6 heteroatoms. The number of amides is 1. The normalized spacial score (nSPS) is 15.7. The van der Waals surface area contributed by atoms with Gasteiger partial charge in [0, 0.05) is 11.2 Å². The quantitative estimate of drug-likeness (QED) is 0.478. The van der Waals surface area contributed by atoms with Gasteiger partial charge in [0.2, 0.25) is 5.76 Å². The van der Waals surface area contributed by atoms with Crippen molar-refractivity contribution in [1.82, 2.24) is 4.98 Å². The molecular weight excluding hydrogens is 388 g/mol. The molecule has 0 saturated heterocycles. The zero-order valence-electron chi connectivity index (χ0n) is 15.4. The van der Waals surface area contributed by atoms with Gasteiger partial charge in [-0.2, -0.15) is 0 Å². The second kappa shape index (κ2) is 6.57. The van der Waals surface area contributed by atoms with Gasteiger partial charge >= 0.3 is 0 Å². The van der Waals surface area contributed by atoms with E-state index in [9.17, 15) is 9.59 Å². The van der Waals surface area contributed by atoms with Crippen molar-refractivity contribution in [2.75, 3.05) is 4.90 Å². The molecule has 5 rings (SSSR count). The van der Waals surface area contributed by atoms with Crippen LogP contribution in [-0.2, 0) is 0 Å².